The van der Waals surface area contributed by atoms with E-state index in [4.69, 9.17) is 10.00 Å². The third-order valence-corrected chi connectivity index (χ3v) is 2.89. The van der Waals surface area contributed by atoms with E-state index in [2.05, 4.69) is 20.9 Å². The number of hydrogen-bond donors (Lipinski definition) is 0. The molecule has 0 aliphatic heterocycles. The summed E-state index contributed by atoms with van der Waals surface area (Å²) >= 11 is 3.08. The van der Waals surface area contributed by atoms with Crippen molar-refractivity contribution in [3.05, 3.63) is 58.1 Å². The molecule has 0 saturated carbocycles. The van der Waals surface area contributed by atoms with E-state index in [0.29, 0.717) is 21.5 Å². The highest BCUT2D eigenvalue weighted by molar-refractivity contribution is 9.10. The first-order chi connectivity index (χ1) is 8.70. The fraction of sp³-hybridized carbons (Fsp3) is 0.0769. The van der Waals surface area contributed by atoms with E-state index < -0.39 is 0 Å². The van der Waals surface area contributed by atoms with E-state index in [1.807, 2.05) is 6.07 Å². The maximum atomic E-state index is 13.0. The molecular formula is C13H8BrFN2O. The Morgan fingerprint density at radius 2 is 2.22 bits per heavy atom. The average Bonchev–Trinajstić information content (AvgIpc) is 2.40. The van der Waals surface area contributed by atoms with Gasteiger partial charge in [-0.2, -0.15) is 5.26 Å². The van der Waals surface area contributed by atoms with Crippen LogP contribution in [0.5, 0.6) is 5.75 Å². The van der Waals surface area contributed by atoms with Gasteiger partial charge in [-0.15, -0.1) is 0 Å². The molecule has 0 saturated heterocycles. The average molecular weight is 307 g/mol. The summed E-state index contributed by atoms with van der Waals surface area (Å²) in [6.07, 6.45) is 1.55. The third-order valence-electron chi connectivity index (χ3n) is 2.28. The predicted molar refractivity (Wildman–Crippen MR) is 67.4 cm³/mol. The van der Waals surface area contributed by atoms with Crippen LogP contribution in [-0.2, 0) is 6.61 Å². The van der Waals surface area contributed by atoms with Crippen molar-refractivity contribution in [1.29, 1.82) is 5.26 Å². The lowest BCUT2D eigenvalue weighted by Crippen LogP contribution is -2.00. The minimum Gasteiger partial charge on any atom is -0.489 e. The zero-order valence-corrected chi connectivity index (χ0v) is 10.8. The summed E-state index contributed by atoms with van der Waals surface area (Å²) in [7, 11) is 0. The normalized spacial score (nSPS) is 9.83. The molecular weight excluding hydrogens is 299 g/mol. The molecule has 0 spiro atoms. The molecule has 5 heteroatoms. The Morgan fingerprint density at radius 1 is 1.39 bits per heavy atom. The van der Waals surface area contributed by atoms with Crippen LogP contribution in [0.2, 0.25) is 0 Å². The van der Waals surface area contributed by atoms with E-state index in [1.54, 1.807) is 18.3 Å². The second-order valence-electron chi connectivity index (χ2n) is 3.49. The number of benzene rings is 1. The first-order valence-corrected chi connectivity index (χ1v) is 5.92. The molecule has 0 atom stereocenters. The van der Waals surface area contributed by atoms with Crippen molar-refractivity contribution < 1.29 is 9.13 Å². The topological polar surface area (TPSA) is 45.9 Å². The number of ether oxygens (including phenoxy) is 1. The summed E-state index contributed by atoms with van der Waals surface area (Å²) in [5.41, 5.74) is 1.03. The van der Waals surface area contributed by atoms with E-state index in [9.17, 15) is 4.39 Å². The summed E-state index contributed by atoms with van der Waals surface area (Å²) in [6, 6.07) is 9.88. The molecule has 2 aromatic rings. The molecule has 18 heavy (non-hydrogen) atoms. The SMILES string of the molecule is N#Cc1ncccc1COc1ccc(F)c(Br)c1. The molecule has 0 bridgehead atoms. The lowest BCUT2D eigenvalue weighted by Gasteiger charge is -2.07. The first kappa shape index (κ1) is 12.5. The molecule has 1 aromatic carbocycles. The summed E-state index contributed by atoms with van der Waals surface area (Å²) in [5.74, 6) is 0.178. The molecule has 0 unspecified atom stereocenters. The molecule has 2 rings (SSSR count). The maximum absolute atomic E-state index is 13.0. The largest absolute Gasteiger partial charge is 0.489 e. The van der Waals surface area contributed by atoms with E-state index >= 15 is 0 Å². The number of nitrogens with zero attached hydrogens (tertiary/aromatic N) is 2. The van der Waals surface area contributed by atoms with Gasteiger partial charge >= 0.3 is 0 Å². The summed E-state index contributed by atoms with van der Waals surface area (Å²) in [4.78, 5) is 3.93. The molecule has 1 heterocycles. The Bertz CT molecular complexity index is 610. The van der Waals surface area contributed by atoms with Crippen molar-refractivity contribution in [1.82, 2.24) is 4.98 Å². The molecule has 1 aromatic heterocycles. The zero-order valence-electron chi connectivity index (χ0n) is 9.23. The second-order valence-corrected chi connectivity index (χ2v) is 4.34. The summed E-state index contributed by atoms with van der Waals surface area (Å²) in [6.45, 7) is 0.217. The van der Waals surface area contributed by atoms with Crippen LogP contribution in [0.3, 0.4) is 0 Å². The van der Waals surface area contributed by atoms with Crippen LogP contribution in [0.4, 0.5) is 4.39 Å². The van der Waals surface area contributed by atoms with Crippen molar-refractivity contribution in [2.24, 2.45) is 0 Å². The monoisotopic (exact) mass is 306 g/mol. The van der Waals surface area contributed by atoms with Crippen LogP contribution in [0.15, 0.2) is 41.0 Å². The van der Waals surface area contributed by atoms with Crippen molar-refractivity contribution in [3.63, 3.8) is 0 Å². The van der Waals surface area contributed by atoms with Gasteiger partial charge in [0.2, 0.25) is 0 Å². The highest BCUT2D eigenvalue weighted by Gasteiger charge is 2.05. The molecule has 0 N–H and O–H groups in total. The highest BCUT2D eigenvalue weighted by atomic mass is 79.9. The van der Waals surface area contributed by atoms with Crippen LogP contribution in [0.1, 0.15) is 11.3 Å². The van der Waals surface area contributed by atoms with Crippen LogP contribution in [0.25, 0.3) is 0 Å². The van der Waals surface area contributed by atoms with Crippen molar-refractivity contribution in [3.8, 4) is 11.8 Å². The molecule has 3 nitrogen and oxygen atoms in total. The first-order valence-electron chi connectivity index (χ1n) is 5.12. The summed E-state index contributed by atoms with van der Waals surface area (Å²) < 4.78 is 18.8. The number of nitriles is 1. The van der Waals surface area contributed by atoms with E-state index in [0.717, 1.165) is 0 Å². The molecule has 90 valence electrons. The van der Waals surface area contributed by atoms with Crippen molar-refractivity contribution in [2.45, 2.75) is 6.61 Å². The number of aromatic nitrogens is 1. The Hall–Kier alpha value is -1.93. The van der Waals surface area contributed by atoms with Gasteiger partial charge in [-0.25, -0.2) is 9.37 Å². The van der Waals surface area contributed by atoms with Gasteiger partial charge in [0.1, 0.15) is 29.9 Å². The molecule has 0 aliphatic carbocycles. The minimum absolute atomic E-state index is 0.217. The van der Waals surface area contributed by atoms with Crippen LogP contribution in [-0.4, -0.2) is 4.98 Å². The lowest BCUT2D eigenvalue weighted by atomic mass is 10.2. The zero-order chi connectivity index (χ0) is 13.0. The number of halogens is 2. The van der Waals surface area contributed by atoms with Gasteiger partial charge in [0.15, 0.2) is 0 Å². The lowest BCUT2D eigenvalue weighted by molar-refractivity contribution is 0.304. The highest BCUT2D eigenvalue weighted by Crippen LogP contribution is 2.22. The minimum atomic E-state index is -0.346. The fourth-order valence-electron chi connectivity index (χ4n) is 1.38. The Labute approximate surface area is 112 Å². The molecule has 0 amide bonds. The van der Waals surface area contributed by atoms with Gasteiger partial charge in [0.05, 0.1) is 4.47 Å². The Kier molecular flexibility index (Phi) is 3.90. The molecule has 0 aliphatic rings. The van der Waals surface area contributed by atoms with Gasteiger partial charge < -0.3 is 4.74 Å². The van der Waals surface area contributed by atoms with Gasteiger partial charge in [-0.3, -0.25) is 0 Å². The van der Waals surface area contributed by atoms with Crippen LogP contribution >= 0.6 is 15.9 Å². The quantitative estimate of drug-likeness (QED) is 0.872. The second kappa shape index (κ2) is 5.61. The van der Waals surface area contributed by atoms with Crippen LogP contribution in [0, 0.1) is 17.1 Å². The summed E-state index contributed by atoms with van der Waals surface area (Å²) in [5, 5.41) is 8.87. The third kappa shape index (κ3) is 2.84. The Balaban J connectivity index is 2.12. The number of rotatable bonds is 3. The van der Waals surface area contributed by atoms with E-state index in [1.165, 1.54) is 18.2 Å². The smallest absolute Gasteiger partial charge is 0.147 e. The standard InChI is InChI=1S/C13H8BrFN2O/c14-11-6-10(3-4-12(11)15)18-8-9-2-1-5-17-13(9)7-16/h1-6H,8H2. The van der Waals surface area contributed by atoms with Gasteiger partial charge in [-0.1, -0.05) is 6.07 Å². The Morgan fingerprint density at radius 3 is 2.94 bits per heavy atom. The van der Waals surface area contributed by atoms with Crippen LogP contribution < -0.4 is 4.74 Å². The van der Waals surface area contributed by atoms with Gasteiger partial charge in [0, 0.05) is 11.8 Å². The maximum Gasteiger partial charge on any atom is 0.147 e. The number of hydrogen-bond acceptors (Lipinski definition) is 3. The fourth-order valence-corrected chi connectivity index (χ4v) is 1.74. The molecule has 0 radical (unpaired) electrons. The van der Waals surface area contributed by atoms with Crippen molar-refractivity contribution >= 4 is 15.9 Å². The number of pyridine rings is 1. The van der Waals surface area contributed by atoms with Crippen molar-refractivity contribution in [2.75, 3.05) is 0 Å². The molecule has 0 fully saturated rings. The van der Waals surface area contributed by atoms with Gasteiger partial charge in [0.25, 0.3) is 0 Å². The predicted octanol–water partition coefficient (Wildman–Crippen LogP) is 3.43. The van der Waals surface area contributed by atoms with E-state index in [-0.39, 0.29) is 12.4 Å². The van der Waals surface area contributed by atoms with Gasteiger partial charge in [-0.05, 0) is 40.2 Å².